The number of pyridine rings is 1. The van der Waals surface area contributed by atoms with Crippen molar-refractivity contribution in [3.05, 3.63) is 59.7 Å². The second kappa shape index (κ2) is 9.21. The number of anilines is 2. The van der Waals surface area contributed by atoms with Crippen molar-refractivity contribution in [2.75, 3.05) is 5.32 Å². The number of amides is 1. The molecule has 3 heterocycles. The van der Waals surface area contributed by atoms with E-state index < -0.39 is 17.5 Å². The summed E-state index contributed by atoms with van der Waals surface area (Å²) in [6, 6.07) is 6.02. The number of aryl methyl sites for hydroxylation is 1. The second-order valence-corrected chi connectivity index (χ2v) is 7.59. The quantitative estimate of drug-likeness (QED) is 0.240. The summed E-state index contributed by atoms with van der Waals surface area (Å²) in [6.45, 7) is 5.70. The molecule has 0 saturated carbocycles. The molecule has 9 nitrogen and oxygen atoms in total. The molecular formula is C23H19F2N7O2. The van der Waals surface area contributed by atoms with Gasteiger partial charge in [0, 0.05) is 29.3 Å². The first-order chi connectivity index (χ1) is 16.3. The summed E-state index contributed by atoms with van der Waals surface area (Å²) < 4.78 is 31.3. The number of halogens is 2. The minimum absolute atomic E-state index is 0.0314. The van der Waals surface area contributed by atoms with Gasteiger partial charge in [-0.25, -0.2) is 34.2 Å². The Morgan fingerprint density at radius 1 is 1.12 bits per heavy atom. The van der Waals surface area contributed by atoms with Gasteiger partial charge in [-0.05, 0) is 45.0 Å². The van der Waals surface area contributed by atoms with Crippen molar-refractivity contribution in [1.29, 1.82) is 0 Å². The molecule has 172 valence electrons. The van der Waals surface area contributed by atoms with Crippen LogP contribution in [0.25, 0.3) is 22.3 Å². The zero-order valence-corrected chi connectivity index (χ0v) is 18.4. The fourth-order valence-corrected chi connectivity index (χ4v) is 3.50. The van der Waals surface area contributed by atoms with Crippen molar-refractivity contribution >= 4 is 28.7 Å². The maximum Gasteiger partial charge on any atom is 0.319 e. The van der Waals surface area contributed by atoms with E-state index in [1.54, 1.807) is 25.1 Å². The van der Waals surface area contributed by atoms with Crippen LogP contribution in [0.1, 0.15) is 31.3 Å². The first-order valence-corrected chi connectivity index (χ1v) is 10.2. The first-order valence-electron chi connectivity index (χ1n) is 10.2. The molecule has 3 N–H and O–H groups in total. The smallest absolute Gasteiger partial charge is 0.319 e. The maximum atomic E-state index is 14.8. The lowest BCUT2D eigenvalue weighted by atomic mass is 10.1. The Bertz CT molecular complexity index is 1450. The van der Waals surface area contributed by atoms with Crippen LogP contribution in [0.3, 0.4) is 0 Å². The Morgan fingerprint density at radius 3 is 2.59 bits per heavy atom. The number of hydrogen-bond donors (Lipinski definition) is 3. The van der Waals surface area contributed by atoms with E-state index in [0.717, 1.165) is 6.20 Å². The van der Waals surface area contributed by atoms with E-state index in [9.17, 15) is 13.6 Å². The molecular weight excluding hydrogens is 444 g/mol. The fourth-order valence-electron chi connectivity index (χ4n) is 3.50. The topological polar surface area (TPSA) is 118 Å². The molecule has 0 fully saturated rings. The minimum atomic E-state index is -0.851. The van der Waals surface area contributed by atoms with E-state index in [-0.39, 0.29) is 28.8 Å². The van der Waals surface area contributed by atoms with E-state index >= 15 is 0 Å². The normalized spacial score (nSPS) is 10.8. The Labute approximate surface area is 192 Å². The summed E-state index contributed by atoms with van der Waals surface area (Å²) in [5.41, 5.74) is 2.76. The third-order valence-electron chi connectivity index (χ3n) is 4.88. The number of aromatic nitrogens is 5. The largest absolute Gasteiger partial charge is 0.326 e. The molecule has 1 amide bonds. The molecule has 34 heavy (non-hydrogen) atoms. The third-order valence-corrected chi connectivity index (χ3v) is 4.88. The van der Waals surface area contributed by atoms with Gasteiger partial charge in [-0.3, -0.25) is 10.0 Å². The molecule has 3 aromatic heterocycles. The molecule has 0 aliphatic heterocycles. The summed E-state index contributed by atoms with van der Waals surface area (Å²) >= 11 is 0. The SMILES string of the molecule is Cc1nc2c(F)cc(-c3nc(Nc4ccc(C#CC(=O)NO)cn4)ncc3F)cc2n1C(C)C. The van der Waals surface area contributed by atoms with Crippen LogP contribution in [-0.2, 0) is 4.79 Å². The molecule has 11 heteroatoms. The molecule has 0 aliphatic rings. The Hall–Kier alpha value is -4.43. The van der Waals surface area contributed by atoms with E-state index in [4.69, 9.17) is 5.21 Å². The zero-order valence-electron chi connectivity index (χ0n) is 18.4. The number of imidazole rings is 1. The number of nitrogens with one attached hydrogen (secondary N) is 2. The molecule has 0 aliphatic carbocycles. The van der Waals surface area contributed by atoms with Crippen molar-refractivity contribution in [1.82, 2.24) is 30.0 Å². The lowest BCUT2D eigenvalue weighted by Crippen LogP contribution is -2.15. The summed E-state index contributed by atoms with van der Waals surface area (Å²) in [4.78, 5) is 27.6. The summed E-state index contributed by atoms with van der Waals surface area (Å²) in [7, 11) is 0. The Kier molecular flexibility index (Phi) is 6.16. The number of nitrogens with zero attached hydrogens (tertiary/aromatic N) is 5. The van der Waals surface area contributed by atoms with Gasteiger partial charge >= 0.3 is 5.91 Å². The van der Waals surface area contributed by atoms with Gasteiger partial charge < -0.3 is 9.88 Å². The monoisotopic (exact) mass is 463 g/mol. The standard InChI is InChI=1S/C23H19F2N7O2/c1-12(2)32-13(3)28-22-16(24)8-15(9-18(22)32)21-17(25)11-27-23(30-21)29-19-6-4-14(10-26-19)5-7-20(33)31-34/h4,6,8-12,34H,1-3H3,(H,31,33)(H,26,27,29,30). The lowest BCUT2D eigenvalue weighted by molar-refractivity contribution is -0.123. The first kappa shape index (κ1) is 22.8. The van der Waals surface area contributed by atoms with Crippen molar-refractivity contribution in [2.45, 2.75) is 26.8 Å². The predicted octanol–water partition coefficient (Wildman–Crippen LogP) is 3.66. The van der Waals surface area contributed by atoms with Gasteiger partial charge in [0.05, 0.1) is 11.7 Å². The predicted molar refractivity (Wildman–Crippen MR) is 120 cm³/mol. The fraction of sp³-hybridized carbons (Fsp3) is 0.174. The van der Waals surface area contributed by atoms with Crippen LogP contribution in [0.4, 0.5) is 20.5 Å². The summed E-state index contributed by atoms with van der Waals surface area (Å²) in [6.07, 6.45) is 2.38. The molecule has 0 atom stereocenters. The summed E-state index contributed by atoms with van der Waals surface area (Å²) in [5.74, 6) is 3.60. The second-order valence-electron chi connectivity index (χ2n) is 7.59. The number of fused-ring (bicyclic) bond motifs is 1. The van der Waals surface area contributed by atoms with Crippen LogP contribution in [0.15, 0.2) is 36.7 Å². The molecule has 0 saturated heterocycles. The highest BCUT2D eigenvalue weighted by atomic mass is 19.1. The number of hydroxylamine groups is 1. The Morgan fingerprint density at radius 2 is 1.91 bits per heavy atom. The molecule has 4 aromatic rings. The van der Waals surface area contributed by atoms with E-state index in [1.807, 2.05) is 18.4 Å². The van der Waals surface area contributed by atoms with Gasteiger partial charge in [0.1, 0.15) is 22.9 Å². The average molecular weight is 463 g/mol. The van der Waals surface area contributed by atoms with E-state index in [0.29, 0.717) is 22.7 Å². The average Bonchev–Trinajstić information content (AvgIpc) is 3.16. The number of carbonyl (C=O) groups is 1. The van der Waals surface area contributed by atoms with Crippen LogP contribution in [0.2, 0.25) is 0 Å². The molecule has 0 radical (unpaired) electrons. The molecule has 0 unspecified atom stereocenters. The third kappa shape index (κ3) is 4.53. The highest BCUT2D eigenvalue weighted by molar-refractivity contribution is 5.93. The van der Waals surface area contributed by atoms with Crippen LogP contribution in [0.5, 0.6) is 0 Å². The van der Waals surface area contributed by atoms with Gasteiger partial charge in [-0.2, -0.15) is 0 Å². The van der Waals surface area contributed by atoms with Gasteiger partial charge in [0.15, 0.2) is 11.6 Å². The number of benzene rings is 1. The van der Waals surface area contributed by atoms with Crippen LogP contribution in [0, 0.1) is 30.4 Å². The minimum Gasteiger partial charge on any atom is -0.326 e. The van der Waals surface area contributed by atoms with Crippen LogP contribution >= 0.6 is 0 Å². The Balaban J connectivity index is 1.66. The molecule has 4 rings (SSSR count). The lowest BCUT2D eigenvalue weighted by Gasteiger charge is -2.12. The molecule has 1 aromatic carbocycles. The zero-order chi connectivity index (χ0) is 24.4. The van der Waals surface area contributed by atoms with Crippen molar-refractivity contribution in [3.63, 3.8) is 0 Å². The number of rotatable bonds is 4. The maximum absolute atomic E-state index is 14.8. The van der Waals surface area contributed by atoms with Gasteiger partial charge in [0.25, 0.3) is 0 Å². The van der Waals surface area contributed by atoms with Crippen LogP contribution < -0.4 is 10.8 Å². The van der Waals surface area contributed by atoms with Gasteiger partial charge in [-0.15, -0.1) is 0 Å². The molecule has 0 spiro atoms. The van der Waals surface area contributed by atoms with Crippen molar-refractivity contribution in [3.8, 4) is 23.1 Å². The van der Waals surface area contributed by atoms with Crippen molar-refractivity contribution in [2.24, 2.45) is 0 Å². The molecule has 0 bridgehead atoms. The van der Waals surface area contributed by atoms with Gasteiger partial charge in [-0.1, -0.05) is 5.92 Å². The highest BCUT2D eigenvalue weighted by Gasteiger charge is 2.18. The van der Waals surface area contributed by atoms with E-state index in [1.165, 1.54) is 17.7 Å². The van der Waals surface area contributed by atoms with Crippen LogP contribution in [-0.4, -0.2) is 35.6 Å². The van der Waals surface area contributed by atoms with Crippen molar-refractivity contribution < 1.29 is 18.8 Å². The van der Waals surface area contributed by atoms with E-state index in [2.05, 4.69) is 37.1 Å². The highest BCUT2D eigenvalue weighted by Crippen LogP contribution is 2.30. The van der Waals surface area contributed by atoms with Gasteiger partial charge in [0.2, 0.25) is 5.95 Å². The summed E-state index contributed by atoms with van der Waals surface area (Å²) in [5, 5.41) is 11.3. The number of carbonyl (C=O) groups excluding carboxylic acids is 1. The number of hydrogen-bond acceptors (Lipinski definition) is 7.